The number of carbonyl (C=O) groups excluding carboxylic acids is 1. The minimum atomic E-state index is -0.157. The van der Waals surface area contributed by atoms with E-state index in [4.69, 9.17) is 17.0 Å². The highest BCUT2D eigenvalue weighted by Crippen LogP contribution is 2.16. The van der Waals surface area contributed by atoms with Crippen LogP contribution in [0.15, 0.2) is 18.2 Å². The molecule has 0 saturated heterocycles. The van der Waals surface area contributed by atoms with Crippen molar-refractivity contribution >= 4 is 18.1 Å². The van der Waals surface area contributed by atoms with Gasteiger partial charge in [-0.15, -0.1) is 0 Å². The average molecular weight is 320 g/mol. The number of ether oxygens (including phenoxy) is 1. The van der Waals surface area contributed by atoms with Gasteiger partial charge in [0, 0.05) is 20.0 Å². The predicted molar refractivity (Wildman–Crippen MR) is 86.5 cm³/mol. The summed E-state index contributed by atoms with van der Waals surface area (Å²) in [4.78, 5) is 11.8. The number of amides is 1. The molecule has 6 nitrogen and oxygen atoms in total. The zero-order valence-corrected chi connectivity index (χ0v) is 13.8. The third-order valence-electron chi connectivity index (χ3n) is 3.49. The van der Waals surface area contributed by atoms with E-state index in [2.05, 4.69) is 15.5 Å². The van der Waals surface area contributed by atoms with Crippen molar-refractivity contribution in [2.45, 2.75) is 20.3 Å². The van der Waals surface area contributed by atoms with Gasteiger partial charge in [-0.3, -0.25) is 9.89 Å². The van der Waals surface area contributed by atoms with Crippen molar-refractivity contribution in [2.24, 2.45) is 7.05 Å². The summed E-state index contributed by atoms with van der Waals surface area (Å²) in [7, 11) is 1.84. The Morgan fingerprint density at radius 2 is 2.18 bits per heavy atom. The van der Waals surface area contributed by atoms with E-state index in [-0.39, 0.29) is 12.5 Å². The maximum Gasteiger partial charge on any atom is 0.257 e. The first-order valence-electron chi connectivity index (χ1n) is 7.04. The van der Waals surface area contributed by atoms with E-state index in [1.54, 1.807) is 4.57 Å². The number of hydrogen-bond donors (Lipinski definition) is 2. The van der Waals surface area contributed by atoms with Crippen molar-refractivity contribution in [3.8, 4) is 5.75 Å². The Bertz CT molecular complexity index is 721. The lowest BCUT2D eigenvalue weighted by Crippen LogP contribution is -2.31. The van der Waals surface area contributed by atoms with Gasteiger partial charge in [-0.1, -0.05) is 6.07 Å². The first kappa shape index (κ1) is 16.2. The molecule has 2 aromatic rings. The summed E-state index contributed by atoms with van der Waals surface area (Å²) in [5.41, 5.74) is 2.34. The second-order valence-corrected chi connectivity index (χ2v) is 5.53. The summed E-state index contributed by atoms with van der Waals surface area (Å²) in [6.07, 6.45) is 0.610. The molecule has 118 valence electrons. The van der Waals surface area contributed by atoms with Crippen LogP contribution in [0.2, 0.25) is 0 Å². The van der Waals surface area contributed by atoms with Crippen LogP contribution in [0, 0.1) is 18.6 Å². The van der Waals surface area contributed by atoms with E-state index in [0.29, 0.717) is 23.5 Å². The number of benzene rings is 1. The molecule has 2 rings (SSSR count). The Balaban J connectivity index is 1.75. The molecule has 7 heteroatoms. The summed E-state index contributed by atoms with van der Waals surface area (Å²) in [6, 6.07) is 5.77. The fraction of sp³-hybridized carbons (Fsp3) is 0.400. The van der Waals surface area contributed by atoms with E-state index in [0.717, 1.165) is 11.4 Å². The van der Waals surface area contributed by atoms with Gasteiger partial charge >= 0.3 is 0 Å². The minimum Gasteiger partial charge on any atom is -0.484 e. The highest BCUT2D eigenvalue weighted by molar-refractivity contribution is 7.71. The molecule has 1 aromatic heterocycles. The summed E-state index contributed by atoms with van der Waals surface area (Å²) in [5, 5.41) is 9.60. The van der Waals surface area contributed by atoms with E-state index in [1.807, 2.05) is 39.1 Å². The van der Waals surface area contributed by atoms with E-state index in [1.165, 1.54) is 5.56 Å². The van der Waals surface area contributed by atoms with Gasteiger partial charge in [-0.05, 0) is 49.3 Å². The standard InChI is InChI=1S/C15H20N4O2S/c1-10-4-5-12(8-11(10)2)21-9-14(20)16-7-6-13-17-18-15(22)19(13)3/h4-5,8H,6-7,9H2,1-3H3,(H,16,20)(H,18,22). The predicted octanol–water partition coefficient (Wildman–Crippen LogP) is 1.83. The number of aromatic nitrogens is 3. The van der Waals surface area contributed by atoms with Crippen molar-refractivity contribution < 1.29 is 9.53 Å². The molecule has 0 saturated carbocycles. The molecule has 0 aliphatic rings. The molecule has 0 radical (unpaired) electrons. The molecule has 1 amide bonds. The Hall–Kier alpha value is -2.15. The average Bonchev–Trinajstić information content (AvgIpc) is 2.80. The number of aryl methyl sites for hydroxylation is 2. The SMILES string of the molecule is Cc1ccc(OCC(=O)NCCc2n[nH]c(=S)n2C)cc1C. The van der Waals surface area contributed by atoms with Crippen molar-refractivity contribution in [1.29, 1.82) is 0 Å². The van der Waals surface area contributed by atoms with Crippen LogP contribution >= 0.6 is 12.2 Å². The Morgan fingerprint density at radius 3 is 2.82 bits per heavy atom. The third-order valence-corrected chi connectivity index (χ3v) is 3.86. The summed E-state index contributed by atoms with van der Waals surface area (Å²) >= 11 is 5.03. The van der Waals surface area contributed by atoms with Crippen LogP contribution in [0.3, 0.4) is 0 Å². The van der Waals surface area contributed by atoms with E-state index >= 15 is 0 Å². The highest BCUT2D eigenvalue weighted by atomic mass is 32.1. The molecule has 1 aromatic carbocycles. The quantitative estimate of drug-likeness (QED) is 0.797. The van der Waals surface area contributed by atoms with Gasteiger partial charge in [0.25, 0.3) is 5.91 Å². The van der Waals surface area contributed by atoms with Gasteiger partial charge in [-0.25, -0.2) is 0 Å². The smallest absolute Gasteiger partial charge is 0.257 e. The van der Waals surface area contributed by atoms with Crippen LogP contribution in [0.1, 0.15) is 17.0 Å². The molecule has 0 fully saturated rings. The van der Waals surface area contributed by atoms with Crippen LogP contribution in [0.5, 0.6) is 5.75 Å². The molecule has 0 unspecified atom stereocenters. The highest BCUT2D eigenvalue weighted by Gasteiger charge is 2.06. The van der Waals surface area contributed by atoms with E-state index in [9.17, 15) is 4.79 Å². The monoisotopic (exact) mass is 320 g/mol. The first-order chi connectivity index (χ1) is 10.5. The molecule has 2 N–H and O–H groups in total. The largest absolute Gasteiger partial charge is 0.484 e. The van der Waals surface area contributed by atoms with Crippen molar-refractivity contribution in [3.63, 3.8) is 0 Å². The first-order valence-corrected chi connectivity index (χ1v) is 7.45. The lowest BCUT2D eigenvalue weighted by atomic mass is 10.1. The molecular formula is C15H20N4O2S. The van der Waals surface area contributed by atoms with Crippen LogP contribution in [0.4, 0.5) is 0 Å². The Morgan fingerprint density at radius 1 is 1.41 bits per heavy atom. The van der Waals surface area contributed by atoms with Crippen LogP contribution in [-0.2, 0) is 18.3 Å². The summed E-state index contributed by atoms with van der Waals surface area (Å²) in [5.74, 6) is 1.35. The Labute approximate surface area is 134 Å². The van der Waals surface area contributed by atoms with Gasteiger partial charge in [0.2, 0.25) is 0 Å². The van der Waals surface area contributed by atoms with E-state index < -0.39 is 0 Å². The Kier molecular flexibility index (Phi) is 5.32. The van der Waals surface area contributed by atoms with Gasteiger partial charge in [0.15, 0.2) is 11.4 Å². The number of aromatic amines is 1. The minimum absolute atomic E-state index is 0.00147. The van der Waals surface area contributed by atoms with Crippen LogP contribution < -0.4 is 10.1 Å². The zero-order chi connectivity index (χ0) is 16.1. The maximum absolute atomic E-state index is 11.8. The summed E-state index contributed by atoms with van der Waals surface area (Å²) < 4.78 is 7.83. The normalized spacial score (nSPS) is 10.5. The molecule has 0 bridgehead atoms. The van der Waals surface area contributed by atoms with Crippen LogP contribution in [-0.4, -0.2) is 33.8 Å². The molecule has 1 heterocycles. The number of H-pyrrole nitrogens is 1. The van der Waals surface area contributed by atoms with Gasteiger partial charge in [0.05, 0.1) is 0 Å². The molecule has 0 atom stereocenters. The fourth-order valence-corrected chi connectivity index (χ4v) is 2.07. The molecule has 0 spiro atoms. The lowest BCUT2D eigenvalue weighted by molar-refractivity contribution is -0.123. The van der Waals surface area contributed by atoms with Crippen molar-refractivity contribution in [1.82, 2.24) is 20.1 Å². The summed E-state index contributed by atoms with van der Waals surface area (Å²) in [6.45, 7) is 4.54. The lowest BCUT2D eigenvalue weighted by Gasteiger charge is -2.09. The second kappa shape index (κ2) is 7.22. The molecule has 22 heavy (non-hydrogen) atoms. The van der Waals surface area contributed by atoms with Crippen molar-refractivity contribution in [3.05, 3.63) is 39.9 Å². The topological polar surface area (TPSA) is 71.9 Å². The number of carbonyl (C=O) groups is 1. The second-order valence-electron chi connectivity index (χ2n) is 5.14. The maximum atomic E-state index is 11.8. The number of rotatable bonds is 6. The van der Waals surface area contributed by atoms with Crippen molar-refractivity contribution in [2.75, 3.05) is 13.2 Å². The number of nitrogens with one attached hydrogen (secondary N) is 2. The number of hydrogen-bond acceptors (Lipinski definition) is 4. The third kappa shape index (κ3) is 4.17. The zero-order valence-electron chi connectivity index (χ0n) is 13.0. The number of nitrogens with zero attached hydrogens (tertiary/aromatic N) is 2. The molecule has 0 aliphatic carbocycles. The molecule has 0 aliphatic heterocycles. The van der Waals surface area contributed by atoms with Gasteiger partial charge < -0.3 is 14.6 Å². The van der Waals surface area contributed by atoms with Gasteiger partial charge in [-0.2, -0.15) is 5.10 Å². The fourth-order valence-electron chi connectivity index (χ4n) is 1.92. The molecular weight excluding hydrogens is 300 g/mol. The van der Waals surface area contributed by atoms with Gasteiger partial charge in [0.1, 0.15) is 11.6 Å². The van der Waals surface area contributed by atoms with Crippen LogP contribution in [0.25, 0.3) is 0 Å².